The monoisotopic (exact) mass is 221 g/mol. The SMILES string of the molecule is C/C=C/CCNc1ccc(C(=O)OC)nn1. The Balaban J connectivity index is 2.48. The van der Waals surface area contributed by atoms with Gasteiger partial charge in [-0.05, 0) is 25.5 Å². The van der Waals surface area contributed by atoms with E-state index in [1.165, 1.54) is 7.11 Å². The highest BCUT2D eigenvalue weighted by atomic mass is 16.5. The summed E-state index contributed by atoms with van der Waals surface area (Å²) in [6.07, 6.45) is 4.98. The number of carbonyl (C=O) groups is 1. The smallest absolute Gasteiger partial charge is 0.358 e. The number of rotatable bonds is 5. The predicted molar refractivity (Wildman–Crippen MR) is 61.3 cm³/mol. The van der Waals surface area contributed by atoms with Crippen molar-refractivity contribution in [2.45, 2.75) is 13.3 Å². The fourth-order valence-electron chi connectivity index (χ4n) is 1.09. The van der Waals surface area contributed by atoms with E-state index in [1.54, 1.807) is 12.1 Å². The van der Waals surface area contributed by atoms with Crippen LogP contribution in [0.3, 0.4) is 0 Å². The zero-order chi connectivity index (χ0) is 11.8. The Morgan fingerprint density at radius 2 is 2.31 bits per heavy atom. The molecular weight excluding hydrogens is 206 g/mol. The zero-order valence-corrected chi connectivity index (χ0v) is 9.43. The Kier molecular flexibility index (Phi) is 4.98. The molecule has 1 rings (SSSR count). The molecule has 86 valence electrons. The number of carbonyl (C=O) groups excluding carboxylic acids is 1. The van der Waals surface area contributed by atoms with Gasteiger partial charge in [0.2, 0.25) is 0 Å². The molecule has 1 aromatic rings. The molecule has 0 amide bonds. The third kappa shape index (κ3) is 3.68. The fraction of sp³-hybridized carbons (Fsp3) is 0.364. The van der Waals surface area contributed by atoms with Crippen molar-refractivity contribution in [1.82, 2.24) is 10.2 Å². The highest BCUT2D eigenvalue weighted by molar-refractivity contribution is 5.86. The van der Waals surface area contributed by atoms with Crippen molar-refractivity contribution in [1.29, 1.82) is 0 Å². The molecule has 0 radical (unpaired) electrons. The van der Waals surface area contributed by atoms with Gasteiger partial charge >= 0.3 is 5.97 Å². The van der Waals surface area contributed by atoms with Gasteiger partial charge in [0.25, 0.3) is 0 Å². The van der Waals surface area contributed by atoms with Gasteiger partial charge in [-0.3, -0.25) is 0 Å². The first-order valence-electron chi connectivity index (χ1n) is 5.05. The van der Waals surface area contributed by atoms with Crippen LogP contribution in [0.4, 0.5) is 5.82 Å². The number of nitrogens with zero attached hydrogens (tertiary/aromatic N) is 2. The van der Waals surface area contributed by atoms with Gasteiger partial charge in [0, 0.05) is 6.54 Å². The van der Waals surface area contributed by atoms with Crippen molar-refractivity contribution < 1.29 is 9.53 Å². The number of esters is 1. The van der Waals surface area contributed by atoms with E-state index in [4.69, 9.17) is 0 Å². The Morgan fingerprint density at radius 1 is 1.50 bits per heavy atom. The van der Waals surface area contributed by atoms with Crippen LogP contribution in [0.2, 0.25) is 0 Å². The predicted octanol–water partition coefficient (Wildman–Crippen LogP) is 1.64. The minimum Gasteiger partial charge on any atom is -0.464 e. The van der Waals surface area contributed by atoms with Gasteiger partial charge in [-0.2, -0.15) is 0 Å². The van der Waals surface area contributed by atoms with Crippen molar-refractivity contribution in [2.75, 3.05) is 19.0 Å². The van der Waals surface area contributed by atoms with Crippen molar-refractivity contribution in [3.63, 3.8) is 0 Å². The molecule has 0 atom stereocenters. The minimum absolute atomic E-state index is 0.210. The minimum atomic E-state index is -0.479. The van der Waals surface area contributed by atoms with Crippen LogP contribution < -0.4 is 5.32 Å². The van der Waals surface area contributed by atoms with Gasteiger partial charge in [0.1, 0.15) is 5.82 Å². The van der Waals surface area contributed by atoms with Crippen LogP contribution in [0.25, 0.3) is 0 Å². The molecule has 0 unspecified atom stereocenters. The van der Waals surface area contributed by atoms with E-state index in [9.17, 15) is 4.79 Å². The average molecular weight is 221 g/mol. The number of anilines is 1. The van der Waals surface area contributed by atoms with Crippen LogP contribution >= 0.6 is 0 Å². The molecule has 5 nitrogen and oxygen atoms in total. The first kappa shape index (κ1) is 12.2. The number of methoxy groups -OCH3 is 1. The maximum atomic E-state index is 11.1. The number of nitrogens with one attached hydrogen (secondary N) is 1. The molecule has 16 heavy (non-hydrogen) atoms. The summed E-state index contributed by atoms with van der Waals surface area (Å²) in [6, 6.07) is 3.28. The summed E-state index contributed by atoms with van der Waals surface area (Å²) in [5, 5.41) is 10.7. The van der Waals surface area contributed by atoms with E-state index in [0.29, 0.717) is 5.82 Å². The lowest BCUT2D eigenvalue weighted by Crippen LogP contribution is -2.08. The quantitative estimate of drug-likeness (QED) is 0.465. The third-order valence-electron chi connectivity index (χ3n) is 1.91. The van der Waals surface area contributed by atoms with Crippen LogP contribution in [0.5, 0.6) is 0 Å². The zero-order valence-electron chi connectivity index (χ0n) is 9.43. The molecule has 0 aliphatic heterocycles. The van der Waals surface area contributed by atoms with Gasteiger partial charge in [0.05, 0.1) is 7.11 Å². The molecule has 1 aromatic heterocycles. The second-order valence-electron chi connectivity index (χ2n) is 3.08. The van der Waals surface area contributed by atoms with Gasteiger partial charge in [-0.15, -0.1) is 10.2 Å². The van der Waals surface area contributed by atoms with E-state index in [-0.39, 0.29) is 5.69 Å². The number of ether oxygens (including phenoxy) is 1. The molecule has 0 saturated carbocycles. The Hall–Kier alpha value is -1.91. The molecular formula is C11H15N3O2. The van der Waals surface area contributed by atoms with Crippen LogP contribution in [0, 0.1) is 0 Å². The number of allylic oxidation sites excluding steroid dienone is 1. The van der Waals surface area contributed by atoms with Crippen LogP contribution in [0.1, 0.15) is 23.8 Å². The first-order valence-corrected chi connectivity index (χ1v) is 5.05. The van der Waals surface area contributed by atoms with Gasteiger partial charge < -0.3 is 10.1 Å². The third-order valence-corrected chi connectivity index (χ3v) is 1.91. The van der Waals surface area contributed by atoms with Crippen LogP contribution in [0.15, 0.2) is 24.3 Å². The van der Waals surface area contributed by atoms with Crippen molar-refractivity contribution in [2.24, 2.45) is 0 Å². The number of aromatic nitrogens is 2. The summed E-state index contributed by atoms with van der Waals surface area (Å²) in [7, 11) is 1.31. The van der Waals surface area contributed by atoms with Gasteiger partial charge in [-0.25, -0.2) is 4.79 Å². The fourth-order valence-corrected chi connectivity index (χ4v) is 1.09. The van der Waals surface area contributed by atoms with Gasteiger partial charge in [0.15, 0.2) is 5.69 Å². The first-order chi connectivity index (χ1) is 7.77. The van der Waals surface area contributed by atoms with Gasteiger partial charge in [-0.1, -0.05) is 12.2 Å². The highest BCUT2D eigenvalue weighted by Crippen LogP contribution is 2.03. The molecule has 0 spiro atoms. The summed E-state index contributed by atoms with van der Waals surface area (Å²) in [4.78, 5) is 11.1. The van der Waals surface area contributed by atoms with Crippen molar-refractivity contribution >= 4 is 11.8 Å². The van der Waals surface area contributed by atoms with Crippen LogP contribution in [-0.2, 0) is 4.74 Å². The summed E-state index contributed by atoms with van der Waals surface area (Å²) in [6.45, 7) is 2.77. The Morgan fingerprint density at radius 3 is 2.88 bits per heavy atom. The lowest BCUT2D eigenvalue weighted by atomic mass is 10.3. The van der Waals surface area contributed by atoms with E-state index in [0.717, 1.165) is 13.0 Å². The van der Waals surface area contributed by atoms with Crippen molar-refractivity contribution in [3.8, 4) is 0 Å². The van der Waals surface area contributed by atoms with E-state index in [2.05, 4.69) is 26.3 Å². The maximum absolute atomic E-state index is 11.1. The van der Waals surface area contributed by atoms with E-state index >= 15 is 0 Å². The molecule has 0 bridgehead atoms. The summed E-state index contributed by atoms with van der Waals surface area (Å²) in [5.41, 5.74) is 0.210. The molecule has 0 aromatic carbocycles. The Labute approximate surface area is 94.5 Å². The summed E-state index contributed by atoms with van der Waals surface area (Å²) in [5.74, 6) is 0.171. The number of hydrogen-bond acceptors (Lipinski definition) is 5. The largest absolute Gasteiger partial charge is 0.464 e. The molecule has 0 fully saturated rings. The lowest BCUT2D eigenvalue weighted by Gasteiger charge is -2.03. The van der Waals surface area contributed by atoms with E-state index < -0.39 is 5.97 Å². The molecule has 0 aliphatic carbocycles. The standard InChI is InChI=1S/C11H15N3O2/c1-3-4-5-8-12-10-7-6-9(13-14-10)11(15)16-2/h3-4,6-7H,5,8H2,1-2H3,(H,12,14)/b4-3+. The molecule has 1 heterocycles. The summed E-state index contributed by atoms with van der Waals surface area (Å²) >= 11 is 0. The second-order valence-corrected chi connectivity index (χ2v) is 3.08. The lowest BCUT2D eigenvalue weighted by molar-refractivity contribution is 0.0593. The molecule has 5 heteroatoms. The van der Waals surface area contributed by atoms with Crippen molar-refractivity contribution in [3.05, 3.63) is 30.0 Å². The molecule has 0 aliphatic rings. The molecule has 0 saturated heterocycles. The Bertz CT molecular complexity index is 360. The van der Waals surface area contributed by atoms with E-state index in [1.807, 2.05) is 13.0 Å². The highest BCUT2D eigenvalue weighted by Gasteiger charge is 2.06. The number of hydrogen-bond donors (Lipinski definition) is 1. The van der Waals surface area contributed by atoms with Crippen LogP contribution in [-0.4, -0.2) is 29.8 Å². The topological polar surface area (TPSA) is 64.1 Å². The molecule has 1 N–H and O–H groups in total. The summed E-state index contributed by atoms with van der Waals surface area (Å²) < 4.78 is 4.52. The average Bonchev–Trinajstić information content (AvgIpc) is 2.34. The maximum Gasteiger partial charge on any atom is 0.358 e. The second kappa shape index (κ2) is 6.55. The normalized spacial score (nSPS) is 10.4.